The molecule has 2 saturated carbocycles. The van der Waals surface area contributed by atoms with Gasteiger partial charge >= 0.3 is 0 Å². The Morgan fingerprint density at radius 3 is 2.82 bits per heavy atom. The first kappa shape index (κ1) is 11.7. The predicted molar refractivity (Wildman–Crippen MR) is 77.0 cm³/mol. The van der Waals surface area contributed by atoms with Crippen molar-refractivity contribution in [2.24, 2.45) is 17.8 Å². The maximum Gasteiger partial charge on any atom is 0.163 e. The van der Waals surface area contributed by atoms with Crippen LogP contribution in [0.3, 0.4) is 0 Å². The zero-order chi connectivity index (χ0) is 11.8. The van der Waals surface area contributed by atoms with Gasteiger partial charge in [0.1, 0.15) is 0 Å². The fraction of sp³-hybridized carbons (Fsp3) is 0.533. The Bertz CT molecular complexity index is 440. The summed E-state index contributed by atoms with van der Waals surface area (Å²) in [6.07, 6.45) is 6.26. The molecule has 0 radical (unpaired) electrons. The summed E-state index contributed by atoms with van der Waals surface area (Å²) in [7, 11) is 0. The van der Waals surface area contributed by atoms with E-state index in [1.165, 1.54) is 25.7 Å². The van der Waals surface area contributed by atoms with Crippen LogP contribution in [0.5, 0.6) is 0 Å². The average molecular weight is 340 g/mol. The Labute approximate surface area is 116 Å². The summed E-state index contributed by atoms with van der Waals surface area (Å²) in [5.74, 6) is 2.82. The van der Waals surface area contributed by atoms with Gasteiger partial charge in [-0.2, -0.15) is 0 Å². The van der Waals surface area contributed by atoms with E-state index in [0.29, 0.717) is 11.7 Å². The van der Waals surface area contributed by atoms with Crippen molar-refractivity contribution in [1.82, 2.24) is 0 Å². The number of carbonyl (C=O) groups is 1. The fourth-order valence-electron chi connectivity index (χ4n) is 3.64. The maximum absolute atomic E-state index is 12.2. The third-order valence-corrected chi connectivity index (χ3v) is 5.15. The molecule has 0 heterocycles. The highest BCUT2D eigenvalue weighted by Gasteiger charge is 2.40. The molecule has 0 aliphatic heterocycles. The molecule has 1 aromatic rings. The molecule has 2 aliphatic rings. The van der Waals surface area contributed by atoms with Gasteiger partial charge in [-0.05, 0) is 71.7 Å². The van der Waals surface area contributed by atoms with Crippen molar-refractivity contribution >= 4 is 28.4 Å². The minimum atomic E-state index is 0.348. The van der Waals surface area contributed by atoms with Crippen LogP contribution in [0, 0.1) is 21.3 Å². The Morgan fingerprint density at radius 1 is 1.29 bits per heavy atom. The normalized spacial score (nSPS) is 30.8. The van der Waals surface area contributed by atoms with Crippen molar-refractivity contribution in [2.45, 2.75) is 32.1 Å². The molecule has 17 heavy (non-hydrogen) atoms. The summed E-state index contributed by atoms with van der Waals surface area (Å²) in [4.78, 5) is 12.2. The molecular weight excluding hydrogens is 323 g/mol. The molecule has 0 spiro atoms. The summed E-state index contributed by atoms with van der Waals surface area (Å²) in [5.41, 5.74) is 0.902. The SMILES string of the molecule is O=C(CC1CC2CCC1C2)c1cccc(I)c1. The smallest absolute Gasteiger partial charge is 0.163 e. The molecule has 2 bridgehead atoms. The first-order chi connectivity index (χ1) is 8.22. The summed E-state index contributed by atoms with van der Waals surface area (Å²) < 4.78 is 1.15. The number of carbonyl (C=O) groups excluding carboxylic acids is 1. The predicted octanol–water partition coefficient (Wildman–Crippen LogP) is 4.30. The summed E-state index contributed by atoms with van der Waals surface area (Å²) in [6.45, 7) is 0. The van der Waals surface area contributed by atoms with Gasteiger partial charge in [-0.15, -0.1) is 0 Å². The van der Waals surface area contributed by atoms with Crippen LogP contribution in [0.4, 0.5) is 0 Å². The molecule has 1 nitrogen and oxygen atoms in total. The number of hydrogen-bond acceptors (Lipinski definition) is 1. The molecule has 1 aromatic carbocycles. The Morgan fingerprint density at radius 2 is 2.18 bits per heavy atom. The minimum absolute atomic E-state index is 0.348. The second kappa shape index (κ2) is 4.71. The van der Waals surface area contributed by atoms with Crippen LogP contribution in [0.25, 0.3) is 0 Å². The van der Waals surface area contributed by atoms with E-state index in [9.17, 15) is 4.79 Å². The van der Waals surface area contributed by atoms with Gasteiger partial charge in [0.25, 0.3) is 0 Å². The van der Waals surface area contributed by atoms with Gasteiger partial charge in [0, 0.05) is 15.6 Å². The first-order valence-electron chi connectivity index (χ1n) is 6.51. The van der Waals surface area contributed by atoms with E-state index in [0.717, 1.165) is 27.4 Å². The van der Waals surface area contributed by atoms with Crippen molar-refractivity contribution < 1.29 is 4.79 Å². The van der Waals surface area contributed by atoms with E-state index in [1.807, 2.05) is 24.3 Å². The van der Waals surface area contributed by atoms with E-state index >= 15 is 0 Å². The van der Waals surface area contributed by atoms with Crippen LogP contribution < -0.4 is 0 Å². The highest BCUT2D eigenvalue weighted by Crippen LogP contribution is 2.49. The molecule has 2 heteroatoms. The van der Waals surface area contributed by atoms with Gasteiger partial charge in [0.15, 0.2) is 5.78 Å². The lowest BCUT2D eigenvalue weighted by atomic mass is 9.84. The molecule has 3 rings (SSSR count). The molecule has 3 atom stereocenters. The standard InChI is InChI=1S/C15H17IO/c16-14-3-1-2-12(8-14)15(17)9-13-7-10-4-5-11(13)6-10/h1-3,8,10-11,13H,4-7,9H2. The maximum atomic E-state index is 12.2. The zero-order valence-electron chi connectivity index (χ0n) is 9.86. The van der Waals surface area contributed by atoms with Crippen LogP contribution >= 0.6 is 22.6 Å². The van der Waals surface area contributed by atoms with E-state index in [2.05, 4.69) is 22.6 Å². The van der Waals surface area contributed by atoms with Gasteiger partial charge in [-0.25, -0.2) is 0 Å². The molecule has 0 amide bonds. The van der Waals surface area contributed by atoms with E-state index < -0.39 is 0 Å². The third kappa shape index (κ3) is 2.42. The van der Waals surface area contributed by atoms with Gasteiger partial charge < -0.3 is 0 Å². The van der Waals surface area contributed by atoms with E-state index in [4.69, 9.17) is 0 Å². The van der Waals surface area contributed by atoms with Gasteiger partial charge in [0.05, 0.1) is 0 Å². The number of fused-ring (bicyclic) bond motifs is 2. The highest BCUT2D eigenvalue weighted by atomic mass is 127. The minimum Gasteiger partial charge on any atom is -0.294 e. The van der Waals surface area contributed by atoms with E-state index in [-0.39, 0.29) is 0 Å². The van der Waals surface area contributed by atoms with Crippen molar-refractivity contribution in [3.63, 3.8) is 0 Å². The molecular formula is C15H17IO. The van der Waals surface area contributed by atoms with Crippen LogP contribution in [0.2, 0.25) is 0 Å². The lowest BCUT2D eigenvalue weighted by Crippen LogP contribution is -2.15. The molecule has 2 fully saturated rings. The number of benzene rings is 1. The van der Waals surface area contributed by atoms with Crippen molar-refractivity contribution in [1.29, 1.82) is 0 Å². The second-order valence-electron chi connectivity index (χ2n) is 5.57. The lowest BCUT2D eigenvalue weighted by Gasteiger charge is -2.20. The van der Waals surface area contributed by atoms with Crippen LogP contribution in [-0.4, -0.2) is 5.78 Å². The number of Topliss-reactive ketones (excluding diaryl/α,β-unsaturated/α-hetero) is 1. The van der Waals surface area contributed by atoms with Gasteiger partial charge in [-0.1, -0.05) is 18.6 Å². The van der Waals surface area contributed by atoms with E-state index in [1.54, 1.807) is 0 Å². The molecule has 0 aromatic heterocycles. The summed E-state index contributed by atoms with van der Waals surface area (Å²) in [6, 6.07) is 7.98. The number of halogens is 1. The van der Waals surface area contributed by atoms with Crippen LogP contribution in [0.1, 0.15) is 42.5 Å². The molecule has 3 unspecified atom stereocenters. The highest BCUT2D eigenvalue weighted by molar-refractivity contribution is 14.1. The Balaban J connectivity index is 1.68. The fourth-order valence-corrected chi connectivity index (χ4v) is 4.19. The van der Waals surface area contributed by atoms with Gasteiger partial charge in [0.2, 0.25) is 0 Å². The summed E-state index contributed by atoms with van der Waals surface area (Å²) >= 11 is 2.27. The first-order valence-corrected chi connectivity index (χ1v) is 7.59. The lowest BCUT2D eigenvalue weighted by molar-refractivity contribution is 0.0944. The molecule has 90 valence electrons. The second-order valence-corrected chi connectivity index (χ2v) is 6.82. The Kier molecular flexibility index (Phi) is 3.24. The van der Waals surface area contributed by atoms with Crippen molar-refractivity contribution in [3.05, 3.63) is 33.4 Å². The third-order valence-electron chi connectivity index (χ3n) is 4.48. The number of rotatable bonds is 3. The topological polar surface area (TPSA) is 17.1 Å². The van der Waals surface area contributed by atoms with Crippen LogP contribution in [0.15, 0.2) is 24.3 Å². The summed E-state index contributed by atoms with van der Waals surface area (Å²) in [5, 5.41) is 0. The number of ketones is 1. The molecule has 0 N–H and O–H groups in total. The molecule has 2 aliphatic carbocycles. The van der Waals surface area contributed by atoms with Gasteiger partial charge in [-0.3, -0.25) is 4.79 Å². The molecule has 0 saturated heterocycles. The monoisotopic (exact) mass is 340 g/mol. The number of hydrogen-bond donors (Lipinski definition) is 0. The largest absolute Gasteiger partial charge is 0.294 e. The zero-order valence-corrected chi connectivity index (χ0v) is 12.0. The quantitative estimate of drug-likeness (QED) is 0.592. The van der Waals surface area contributed by atoms with Crippen LogP contribution in [-0.2, 0) is 0 Å². The average Bonchev–Trinajstić information content (AvgIpc) is 2.91. The van der Waals surface area contributed by atoms with Crippen molar-refractivity contribution in [3.8, 4) is 0 Å². The van der Waals surface area contributed by atoms with Crippen molar-refractivity contribution in [2.75, 3.05) is 0 Å². The Hall–Kier alpha value is -0.380.